The summed E-state index contributed by atoms with van der Waals surface area (Å²) in [4.78, 5) is 0. The first-order chi connectivity index (χ1) is 2.89. The van der Waals surface area contributed by atoms with Gasteiger partial charge in [0.2, 0.25) is 0 Å². The van der Waals surface area contributed by atoms with Gasteiger partial charge in [-0.15, -0.1) is 0 Å². The highest BCUT2D eigenvalue weighted by Gasteiger charge is 1.86. The normalized spacial score (nSPS) is 18.3. The van der Waals surface area contributed by atoms with Crippen molar-refractivity contribution in [1.82, 2.24) is 0 Å². The summed E-state index contributed by atoms with van der Waals surface area (Å²) in [6.45, 7) is 0.898. The van der Waals surface area contributed by atoms with Crippen molar-refractivity contribution >= 4 is 19.0 Å². The lowest BCUT2D eigenvalue weighted by molar-refractivity contribution is -0.320. The van der Waals surface area contributed by atoms with Gasteiger partial charge < -0.3 is 16.8 Å². The summed E-state index contributed by atoms with van der Waals surface area (Å²) in [7, 11) is 0. The molecule has 0 aromatic carbocycles. The molecule has 0 bridgehead atoms. The van der Waals surface area contributed by atoms with E-state index in [4.69, 9.17) is 12.8 Å². The van der Waals surface area contributed by atoms with E-state index in [1.807, 2.05) is 18.4 Å². The third kappa shape index (κ3) is 0.571. The maximum absolute atomic E-state index is 4.72. The van der Waals surface area contributed by atoms with Gasteiger partial charge in [-0.25, -0.2) is 0 Å². The lowest BCUT2D eigenvalue weighted by Gasteiger charge is -1.91. The van der Waals surface area contributed by atoms with Crippen molar-refractivity contribution in [2.24, 2.45) is 0 Å². The third-order valence-electron chi connectivity index (χ3n) is 0.674. The van der Waals surface area contributed by atoms with E-state index < -0.39 is 0 Å². The quantitative estimate of drug-likeness (QED) is 0.307. The average molecular weight is 99.2 g/mol. The van der Waals surface area contributed by atoms with Crippen LogP contribution in [0.5, 0.6) is 0 Å². The molecular weight excluding hydrogens is 94.1 g/mol. The second-order valence-corrected chi connectivity index (χ2v) is 1.65. The van der Waals surface area contributed by atoms with Gasteiger partial charge in [-0.3, -0.25) is 0 Å². The second kappa shape index (κ2) is 1.39. The number of nitrogens with zero attached hydrogens (tertiary/aromatic N) is 1. The molecule has 2 heteroatoms. The van der Waals surface area contributed by atoms with Crippen LogP contribution in [0.15, 0.2) is 12.2 Å². The first-order valence-corrected chi connectivity index (χ1v) is 2.20. The molecule has 0 aromatic heterocycles. The van der Waals surface area contributed by atoms with E-state index in [1.165, 1.54) is 0 Å². The molecule has 1 rings (SSSR count). The van der Waals surface area contributed by atoms with Gasteiger partial charge in [-0.1, -0.05) is 0 Å². The predicted molar refractivity (Wildman–Crippen MR) is 27.7 cm³/mol. The zero-order valence-electron chi connectivity index (χ0n) is 3.29. The topological polar surface area (TPSA) is 3.01 Å². The van der Waals surface area contributed by atoms with Gasteiger partial charge in [0.15, 0.2) is 0 Å². The van der Waals surface area contributed by atoms with Crippen LogP contribution in [-0.2, 0) is 12.8 Å². The van der Waals surface area contributed by atoms with Gasteiger partial charge in [0.25, 0.3) is 0 Å². The van der Waals surface area contributed by atoms with Crippen LogP contribution in [-0.4, -0.2) is 16.7 Å². The Morgan fingerprint density at radius 1 is 1.67 bits per heavy atom. The Balaban J connectivity index is 2.61. The molecule has 1 heterocycles. The van der Waals surface area contributed by atoms with E-state index in [9.17, 15) is 0 Å². The minimum atomic E-state index is 0.898. The Hall–Kier alpha value is -0.370. The van der Waals surface area contributed by atoms with E-state index in [2.05, 4.69) is 0 Å². The fourth-order valence-corrected chi connectivity index (χ4v) is 0.539. The van der Waals surface area contributed by atoms with Crippen molar-refractivity contribution in [3.63, 3.8) is 0 Å². The Morgan fingerprint density at radius 3 is 2.67 bits per heavy atom. The first-order valence-electron chi connectivity index (χ1n) is 1.83. The Morgan fingerprint density at radius 2 is 2.50 bits per heavy atom. The fraction of sp³-hybridized carbons (Fsp3) is 0.250. The van der Waals surface area contributed by atoms with Gasteiger partial charge in [0.1, 0.15) is 12.8 Å². The molecule has 0 radical (unpaired) electrons. The summed E-state index contributed by atoms with van der Waals surface area (Å²) in [5.74, 6) is 0. The number of rotatable bonds is 0. The lowest BCUT2D eigenvalue weighted by atomic mass is 10.6. The van der Waals surface area contributed by atoms with E-state index in [0.29, 0.717) is 0 Å². The smallest absolute Gasteiger partial charge is 0.148 e. The van der Waals surface area contributed by atoms with Crippen molar-refractivity contribution in [3.8, 4) is 0 Å². The highest BCUT2D eigenvalue weighted by atomic mass is 32.1. The maximum Gasteiger partial charge on any atom is 0.148 e. The lowest BCUT2D eigenvalue weighted by Crippen LogP contribution is -1.95. The largest absolute Gasteiger partial charge is 0.434 e. The molecule has 0 aliphatic carbocycles. The number of hydrogen-bond donors (Lipinski definition) is 0. The minimum absolute atomic E-state index is 0.898. The van der Waals surface area contributed by atoms with Crippen molar-refractivity contribution in [1.29, 1.82) is 0 Å². The molecule has 0 saturated heterocycles. The zero-order chi connectivity index (χ0) is 4.41. The van der Waals surface area contributed by atoms with Gasteiger partial charge >= 0.3 is 0 Å². The van der Waals surface area contributed by atoms with Crippen LogP contribution < -0.4 is 0 Å². The molecule has 32 valence electrons. The molecule has 0 N–H and O–H groups in total. The second-order valence-electron chi connectivity index (χ2n) is 1.18. The van der Waals surface area contributed by atoms with Crippen LogP contribution in [0.4, 0.5) is 0 Å². The summed E-state index contributed by atoms with van der Waals surface area (Å²) >= 11 is 4.72. The standard InChI is InChI=1S/C4H5NS/c6-5-3-1-2-4-5/h1-3H,4H2. The van der Waals surface area contributed by atoms with E-state index in [1.54, 1.807) is 3.98 Å². The Labute approximate surface area is 42.5 Å². The van der Waals surface area contributed by atoms with Gasteiger partial charge in [0.05, 0.1) is 0 Å². The van der Waals surface area contributed by atoms with Crippen LogP contribution in [0.25, 0.3) is 0 Å². The van der Waals surface area contributed by atoms with Crippen molar-refractivity contribution in [3.05, 3.63) is 12.2 Å². The van der Waals surface area contributed by atoms with Gasteiger partial charge in [0, 0.05) is 6.08 Å². The molecule has 0 aromatic rings. The van der Waals surface area contributed by atoms with Crippen LogP contribution in [0.2, 0.25) is 0 Å². The monoisotopic (exact) mass is 99.0 g/mol. The summed E-state index contributed by atoms with van der Waals surface area (Å²) < 4.78 is 1.71. The van der Waals surface area contributed by atoms with Gasteiger partial charge in [-0.05, 0) is 6.08 Å². The Kier molecular flexibility index (Phi) is 0.881. The predicted octanol–water partition coefficient (Wildman–Crippen LogP) is 0.101. The average Bonchev–Trinajstić information content (AvgIpc) is 1.86. The molecule has 1 nitrogen and oxygen atoms in total. The highest BCUT2D eigenvalue weighted by molar-refractivity contribution is 7.51. The third-order valence-corrected chi connectivity index (χ3v) is 0.945. The summed E-state index contributed by atoms with van der Waals surface area (Å²) in [6, 6.07) is 0. The highest BCUT2D eigenvalue weighted by Crippen LogP contribution is 1.79. The van der Waals surface area contributed by atoms with Crippen molar-refractivity contribution in [2.45, 2.75) is 0 Å². The van der Waals surface area contributed by atoms with Crippen molar-refractivity contribution < 1.29 is 3.98 Å². The molecule has 0 fully saturated rings. The molecule has 0 unspecified atom stereocenters. The molecule has 1 aliphatic rings. The van der Waals surface area contributed by atoms with Crippen LogP contribution in [0.3, 0.4) is 0 Å². The molecular formula is C4H5NS. The van der Waals surface area contributed by atoms with Crippen LogP contribution >= 0.6 is 0 Å². The zero-order valence-corrected chi connectivity index (χ0v) is 4.11. The minimum Gasteiger partial charge on any atom is -0.434 e. The van der Waals surface area contributed by atoms with Crippen molar-refractivity contribution in [2.75, 3.05) is 6.54 Å². The first kappa shape index (κ1) is 3.81. The van der Waals surface area contributed by atoms with Crippen LogP contribution in [0.1, 0.15) is 0 Å². The van der Waals surface area contributed by atoms with Gasteiger partial charge in [-0.2, -0.15) is 0 Å². The van der Waals surface area contributed by atoms with E-state index >= 15 is 0 Å². The molecule has 0 saturated carbocycles. The van der Waals surface area contributed by atoms with Crippen LogP contribution in [0, 0.1) is 0 Å². The SMILES string of the molecule is [S-][N+]1=CC=CC1. The Bertz CT molecular complexity index is 104. The molecule has 1 aliphatic heterocycles. The number of hydrogen-bond acceptors (Lipinski definition) is 1. The fourth-order valence-electron chi connectivity index (χ4n) is 0.382. The molecule has 6 heavy (non-hydrogen) atoms. The van der Waals surface area contributed by atoms with E-state index in [0.717, 1.165) is 6.54 Å². The maximum atomic E-state index is 4.72. The number of allylic oxidation sites excluding steroid dienone is 1. The molecule has 0 atom stereocenters. The van der Waals surface area contributed by atoms with E-state index in [-0.39, 0.29) is 0 Å². The molecule has 0 amide bonds. The molecule has 0 spiro atoms. The summed E-state index contributed by atoms with van der Waals surface area (Å²) in [5, 5.41) is 0. The summed E-state index contributed by atoms with van der Waals surface area (Å²) in [6.07, 6.45) is 5.84. The summed E-state index contributed by atoms with van der Waals surface area (Å²) in [5.41, 5.74) is 0.